The van der Waals surface area contributed by atoms with Crippen LogP contribution in [0.5, 0.6) is 0 Å². The molecular weight excluding hydrogens is 210 g/mol. The first-order valence-corrected chi connectivity index (χ1v) is 7.23. The summed E-state index contributed by atoms with van der Waals surface area (Å²) in [5.74, 6) is 0.785. The van der Waals surface area contributed by atoms with Crippen LogP contribution in [0.3, 0.4) is 0 Å². The second-order valence-electron chi connectivity index (χ2n) is 6.48. The Labute approximate surface area is 106 Å². The average Bonchev–Trinajstić information content (AvgIpc) is 3.06. The molecular formula is C14H29N3. The van der Waals surface area contributed by atoms with Crippen molar-refractivity contribution >= 4 is 0 Å². The molecule has 0 amide bonds. The maximum Gasteiger partial charge on any atom is 0.0467 e. The SMILES string of the molecule is CC(C)CCN(C)C1(CN)CCN(C2CC2)C1. The van der Waals surface area contributed by atoms with Gasteiger partial charge in [-0.05, 0) is 45.2 Å². The summed E-state index contributed by atoms with van der Waals surface area (Å²) in [5.41, 5.74) is 6.35. The highest BCUT2D eigenvalue weighted by Crippen LogP contribution is 2.35. The molecule has 0 bridgehead atoms. The van der Waals surface area contributed by atoms with E-state index in [2.05, 4.69) is 30.7 Å². The Bertz CT molecular complexity index is 250. The van der Waals surface area contributed by atoms with Gasteiger partial charge in [0.15, 0.2) is 0 Å². The quantitative estimate of drug-likeness (QED) is 0.763. The Balaban J connectivity index is 1.89. The molecule has 2 rings (SSSR count). The van der Waals surface area contributed by atoms with Gasteiger partial charge in [0.2, 0.25) is 0 Å². The van der Waals surface area contributed by atoms with Gasteiger partial charge in [-0.15, -0.1) is 0 Å². The van der Waals surface area contributed by atoms with Crippen LogP contribution in [-0.2, 0) is 0 Å². The van der Waals surface area contributed by atoms with E-state index in [1.165, 1.54) is 45.3 Å². The Morgan fingerprint density at radius 1 is 1.41 bits per heavy atom. The summed E-state index contributed by atoms with van der Waals surface area (Å²) in [6.07, 6.45) is 5.36. The largest absolute Gasteiger partial charge is 0.329 e. The number of hydrogen-bond donors (Lipinski definition) is 1. The van der Waals surface area contributed by atoms with Gasteiger partial charge in [-0.2, -0.15) is 0 Å². The minimum atomic E-state index is 0.261. The fraction of sp³-hybridized carbons (Fsp3) is 1.00. The highest BCUT2D eigenvalue weighted by Gasteiger charge is 2.44. The fourth-order valence-electron chi connectivity index (χ4n) is 2.96. The van der Waals surface area contributed by atoms with E-state index in [4.69, 9.17) is 5.73 Å². The molecule has 2 N–H and O–H groups in total. The van der Waals surface area contributed by atoms with Crippen LogP contribution in [0.15, 0.2) is 0 Å². The monoisotopic (exact) mass is 239 g/mol. The lowest BCUT2D eigenvalue weighted by molar-refractivity contribution is 0.122. The first-order chi connectivity index (χ1) is 8.07. The average molecular weight is 239 g/mol. The Kier molecular flexibility index (Phi) is 4.11. The van der Waals surface area contributed by atoms with E-state index in [0.717, 1.165) is 18.5 Å². The summed E-state index contributed by atoms with van der Waals surface area (Å²) < 4.78 is 0. The number of likely N-dealkylation sites (N-methyl/N-ethyl adjacent to an activating group) is 1. The molecule has 1 heterocycles. The third-order valence-corrected chi connectivity index (χ3v) is 4.66. The smallest absolute Gasteiger partial charge is 0.0467 e. The van der Waals surface area contributed by atoms with Crippen molar-refractivity contribution in [1.29, 1.82) is 0 Å². The van der Waals surface area contributed by atoms with Gasteiger partial charge >= 0.3 is 0 Å². The van der Waals surface area contributed by atoms with Crippen molar-refractivity contribution in [1.82, 2.24) is 9.80 Å². The molecule has 0 aromatic carbocycles. The van der Waals surface area contributed by atoms with E-state index in [1.54, 1.807) is 0 Å². The molecule has 1 aliphatic carbocycles. The molecule has 0 radical (unpaired) electrons. The summed E-state index contributed by atoms with van der Waals surface area (Å²) in [4.78, 5) is 5.20. The van der Waals surface area contributed by atoms with Crippen LogP contribution in [0.25, 0.3) is 0 Å². The van der Waals surface area contributed by atoms with E-state index in [-0.39, 0.29) is 5.54 Å². The van der Waals surface area contributed by atoms with Gasteiger partial charge < -0.3 is 5.73 Å². The fourth-order valence-corrected chi connectivity index (χ4v) is 2.96. The van der Waals surface area contributed by atoms with Crippen molar-refractivity contribution in [3.63, 3.8) is 0 Å². The summed E-state index contributed by atoms with van der Waals surface area (Å²) >= 11 is 0. The van der Waals surface area contributed by atoms with E-state index in [1.807, 2.05) is 0 Å². The maximum atomic E-state index is 6.09. The third-order valence-electron chi connectivity index (χ3n) is 4.66. The predicted octanol–water partition coefficient (Wildman–Crippen LogP) is 1.53. The Morgan fingerprint density at radius 2 is 2.12 bits per heavy atom. The summed E-state index contributed by atoms with van der Waals surface area (Å²) in [6, 6.07) is 0.891. The molecule has 1 saturated carbocycles. The molecule has 2 fully saturated rings. The number of hydrogen-bond acceptors (Lipinski definition) is 3. The number of rotatable bonds is 6. The lowest BCUT2D eigenvalue weighted by Crippen LogP contribution is -2.54. The summed E-state index contributed by atoms with van der Waals surface area (Å²) in [6.45, 7) is 9.05. The van der Waals surface area contributed by atoms with Crippen molar-refractivity contribution in [2.24, 2.45) is 11.7 Å². The maximum absolute atomic E-state index is 6.09. The molecule has 100 valence electrons. The highest BCUT2D eigenvalue weighted by molar-refractivity contribution is 5.02. The Morgan fingerprint density at radius 3 is 2.65 bits per heavy atom. The van der Waals surface area contributed by atoms with Crippen molar-refractivity contribution in [3.05, 3.63) is 0 Å². The zero-order valence-corrected chi connectivity index (χ0v) is 11.8. The lowest BCUT2D eigenvalue weighted by atomic mass is 9.96. The third kappa shape index (κ3) is 3.01. The lowest BCUT2D eigenvalue weighted by Gasteiger charge is -2.38. The van der Waals surface area contributed by atoms with Crippen LogP contribution in [0.1, 0.15) is 39.5 Å². The van der Waals surface area contributed by atoms with Gasteiger partial charge in [-0.1, -0.05) is 13.8 Å². The zero-order chi connectivity index (χ0) is 12.5. The van der Waals surface area contributed by atoms with E-state index < -0.39 is 0 Å². The molecule has 1 aliphatic heterocycles. The minimum absolute atomic E-state index is 0.261. The van der Waals surface area contributed by atoms with Crippen molar-refractivity contribution in [2.75, 3.05) is 33.2 Å². The van der Waals surface area contributed by atoms with Crippen LogP contribution < -0.4 is 5.73 Å². The van der Waals surface area contributed by atoms with Gasteiger partial charge in [0, 0.05) is 31.2 Å². The highest BCUT2D eigenvalue weighted by atomic mass is 15.3. The van der Waals surface area contributed by atoms with Gasteiger partial charge in [0.1, 0.15) is 0 Å². The molecule has 0 aromatic heterocycles. The van der Waals surface area contributed by atoms with Crippen LogP contribution in [0, 0.1) is 5.92 Å². The van der Waals surface area contributed by atoms with Gasteiger partial charge in [0.25, 0.3) is 0 Å². The molecule has 3 nitrogen and oxygen atoms in total. The van der Waals surface area contributed by atoms with E-state index >= 15 is 0 Å². The van der Waals surface area contributed by atoms with Crippen LogP contribution in [0.2, 0.25) is 0 Å². The van der Waals surface area contributed by atoms with E-state index in [9.17, 15) is 0 Å². The number of nitrogens with zero attached hydrogens (tertiary/aromatic N) is 2. The molecule has 1 atom stereocenters. The molecule has 0 aromatic rings. The van der Waals surface area contributed by atoms with E-state index in [0.29, 0.717) is 0 Å². The standard InChI is InChI=1S/C14H29N3/c1-12(2)6-8-16(3)14(10-15)7-9-17(11-14)13-4-5-13/h12-13H,4-11,15H2,1-3H3. The first kappa shape index (κ1) is 13.3. The minimum Gasteiger partial charge on any atom is -0.329 e. The van der Waals surface area contributed by atoms with Crippen LogP contribution in [0.4, 0.5) is 0 Å². The summed E-state index contributed by atoms with van der Waals surface area (Å²) in [5, 5.41) is 0. The number of likely N-dealkylation sites (tertiary alicyclic amines) is 1. The zero-order valence-electron chi connectivity index (χ0n) is 11.8. The van der Waals surface area contributed by atoms with Gasteiger partial charge in [-0.25, -0.2) is 0 Å². The molecule has 1 unspecified atom stereocenters. The van der Waals surface area contributed by atoms with Gasteiger partial charge in [-0.3, -0.25) is 9.80 Å². The van der Waals surface area contributed by atoms with Crippen LogP contribution in [-0.4, -0.2) is 54.6 Å². The molecule has 1 saturated heterocycles. The molecule has 3 heteroatoms. The Hall–Kier alpha value is -0.120. The second-order valence-corrected chi connectivity index (χ2v) is 6.48. The van der Waals surface area contributed by atoms with Gasteiger partial charge in [0.05, 0.1) is 0 Å². The van der Waals surface area contributed by atoms with Crippen molar-refractivity contribution in [2.45, 2.75) is 51.1 Å². The normalized spacial score (nSPS) is 30.7. The summed E-state index contributed by atoms with van der Waals surface area (Å²) in [7, 11) is 2.27. The topological polar surface area (TPSA) is 32.5 Å². The molecule has 0 spiro atoms. The van der Waals surface area contributed by atoms with Crippen molar-refractivity contribution in [3.8, 4) is 0 Å². The number of nitrogens with two attached hydrogens (primary N) is 1. The molecule has 2 aliphatic rings. The molecule has 17 heavy (non-hydrogen) atoms. The second kappa shape index (κ2) is 5.25. The van der Waals surface area contributed by atoms with Crippen molar-refractivity contribution < 1.29 is 0 Å². The predicted molar refractivity (Wildman–Crippen MR) is 73.1 cm³/mol. The first-order valence-electron chi connectivity index (χ1n) is 7.23. The van der Waals surface area contributed by atoms with Crippen LogP contribution >= 0.6 is 0 Å².